The molecule has 0 heterocycles. The molecule has 0 amide bonds. The predicted octanol–water partition coefficient (Wildman–Crippen LogP) is 0.769. The SMILES string of the molecule is O=S([O-])c1ccc(F)c(O)c1. The van der Waals surface area contributed by atoms with E-state index in [2.05, 4.69) is 0 Å². The number of phenols is 1. The third-order valence-corrected chi connectivity index (χ3v) is 1.75. The fraction of sp³-hybridized carbons (Fsp3) is 0. The van der Waals surface area contributed by atoms with Crippen LogP contribution in [0.3, 0.4) is 0 Å². The van der Waals surface area contributed by atoms with Crippen LogP contribution in [0.4, 0.5) is 4.39 Å². The maximum Gasteiger partial charge on any atom is 0.164 e. The number of aromatic hydroxyl groups is 1. The molecule has 0 aliphatic carbocycles. The molecule has 1 unspecified atom stereocenters. The van der Waals surface area contributed by atoms with E-state index in [4.69, 9.17) is 5.11 Å². The highest BCUT2D eigenvalue weighted by Gasteiger charge is 2.00. The predicted molar refractivity (Wildman–Crippen MR) is 35.3 cm³/mol. The lowest BCUT2D eigenvalue weighted by Crippen LogP contribution is -1.88. The van der Waals surface area contributed by atoms with Crippen molar-refractivity contribution in [2.45, 2.75) is 4.90 Å². The van der Waals surface area contributed by atoms with Gasteiger partial charge in [-0.3, -0.25) is 4.21 Å². The Balaban J connectivity index is 3.15. The van der Waals surface area contributed by atoms with E-state index in [-0.39, 0.29) is 4.90 Å². The quantitative estimate of drug-likeness (QED) is 0.641. The third kappa shape index (κ3) is 1.75. The number of hydrogen-bond donors (Lipinski definition) is 1. The van der Waals surface area contributed by atoms with Crippen molar-refractivity contribution in [3.05, 3.63) is 24.0 Å². The zero-order valence-corrected chi connectivity index (χ0v) is 6.10. The molecule has 0 saturated carbocycles. The molecular formula is C6H4FO3S-. The first-order valence-corrected chi connectivity index (χ1v) is 3.76. The first kappa shape index (κ1) is 8.16. The van der Waals surface area contributed by atoms with Crippen molar-refractivity contribution >= 4 is 11.1 Å². The van der Waals surface area contributed by atoms with E-state index in [0.29, 0.717) is 0 Å². The maximum absolute atomic E-state index is 12.3. The summed E-state index contributed by atoms with van der Waals surface area (Å²) in [5.74, 6) is -1.49. The van der Waals surface area contributed by atoms with Crippen LogP contribution in [-0.2, 0) is 11.1 Å². The molecular weight excluding hydrogens is 171 g/mol. The molecule has 3 nitrogen and oxygen atoms in total. The van der Waals surface area contributed by atoms with Gasteiger partial charge in [0.15, 0.2) is 11.6 Å². The van der Waals surface area contributed by atoms with Crippen molar-refractivity contribution in [2.75, 3.05) is 0 Å². The summed E-state index contributed by atoms with van der Waals surface area (Å²) in [5.41, 5.74) is 0. The van der Waals surface area contributed by atoms with Crippen LogP contribution in [0.1, 0.15) is 0 Å². The van der Waals surface area contributed by atoms with Gasteiger partial charge in [0.05, 0.1) is 0 Å². The smallest absolute Gasteiger partial charge is 0.164 e. The van der Waals surface area contributed by atoms with Gasteiger partial charge in [-0.15, -0.1) is 0 Å². The lowest BCUT2D eigenvalue weighted by Gasteiger charge is -2.04. The summed E-state index contributed by atoms with van der Waals surface area (Å²) in [6.45, 7) is 0. The van der Waals surface area contributed by atoms with Gasteiger partial charge in [-0.2, -0.15) is 0 Å². The zero-order valence-electron chi connectivity index (χ0n) is 5.28. The fourth-order valence-electron chi connectivity index (χ4n) is 0.596. The monoisotopic (exact) mass is 175 g/mol. The first-order chi connectivity index (χ1) is 5.11. The summed E-state index contributed by atoms with van der Waals surface area (Å²) in [4.78, 5) is -0.135. The highest BCUT2D eigenvalue weighted by Crippen LogP contribution is 2.17. The van der Waals surface area contributed by atoms with Gasteiger partial charge in [-0.05, 0) is 29.3 Å². The molecule has 11 heavy (non-hydrogen) atoms. The Morgan fingerprint density at radius 2 is 2.18 bits per heavy atom. The Morgan fingerprint density at radius 1 is 1.55 bits per heavy atom. The van der Waals surface area contributed by atoms with E-state index in [9.17, 15) is 13.2 Å². The van der Waals surface area contributed by atoms with E-state index in [1.54, 1.807) is 0 Å². The van der Waals surface area contributed by atoms with Crippen molar-refractivity contribution in [3.63, 3.8) is 0 Å². The maximum atomic E-state index is 12.3. The molecule has 1 atom stereocenters. The van der Waals surface area contributed by atoms with Crippen LogP contribution in [0.5, 0.6) is 5.75 Å². The van der Waals surface area contributed by atoms with E-state index < -0.39 is 22.6 Å². The number of benzene rings is 1. The molecule has 5 heteroatoms. The Bertz CT molecular complexity index is 300. The molecule has 0 bridgehead atoms. The van der Waals surface area contributed by atoms with Crippen LogP contribution >= 0.6 is 0 Å². The molecule has 1 N–H and O–H groups in total. The van der Waals surface area contributed by atoms with Crippen LogP contribution < -0.4 is 0 Å². The minimum absolute atomic E-state index is 0.135. The molecule has 1 rings (SSSR count). The van der Waals surface area contributed by atoms with Crippen LogP contribution in [-0.4, -0.2) is 13.9 Å². The molecule has 0 radical (unpaired) electrons. The average molecular weight is 175 g/mol. The second-order valence-electron chi connectivity index (χ2n) is 1.85. The highest BCUT2D eigenvalue weighted by molar-refractivity contribution is 7.79. The minimum Gasteiger partial charge on any atom is -0.768 e. The summed E-state index contributed by atoms with van der Waals surface area (Å²) in [5, 5.41) is 8.70. The van der Waals surface area contributed by atoms with Crippen molar-refractivity contribution in [1.29, 1.82) is 0 Å². The molecule has 1 aromatic carbocycles. The van der Waals surface area contributed by atoms with Crippen LogP contribution in [0.15, 0.2) is 23.1 Å². The second-order valence-corrected chi connectivity index (χ2v) is 2.79. The van der Waals surface area contributed by atoms with Gasteiger partial charge < -0.3 is 9.66 Å². The molecule has 0 saturated heterocycles. The van der Waals surface area contributed by atoms with E-state index >= 15 is 0 Å². The number of hydrogen-bond acceptors (Lipinski definition) is 3. The number of rotatable bonds is 1. The minimum atomic E-state index is -2.42. The van der Waals surface area contributed by atoms with E-state index in [0.717, 1.165) is 18.2 Å². The van der Waals surface area contributed by atoms with Crippen molar-refractivity contribution < 1.29 is 18.3 Å². The van der Waals surface area contributed by atoms with Gasteiger partial charge >= 0.3 is 0 Å². The van der Waals surface area contributed by atoms with Gasteiger partial charge in [0.25, 0.3) is 0 Å². The molecule has 0 aromatic heterocycles. The Morgan fingerprint density at radius 3 is 2.64 bits per heavy atom. The van der Waals surface area contributed by atoms with Crippen LogP contribution in [0.2, 0.25) is 0 Å². The van der Waals surface area contributed by atoms with Gasteiger partial charge in [-0.1, -0.05) is 0 Å². The second kappa shape index (κ2) is 2.98. The summed E-state index contributed by atoms with van der Waals surface area (Å²) < 4.78 is 32.8. The standard InChI is InChI=1S/C6H5FO3S/c7-5-2-1-4(11(9)10)3-6(5)8/h1-3,8H,(H,9,10)/p-1. The molecule has 60 valence electrons. The summed E-state index contributed by atoms with van der Waals surface area (Å²) in [6.07, 6.45) is 0. The summed E-state index contributed by atoms with van der Waals surface area (Å²) in [6, 6.07) is 2.80. The number of halogens is 1. The lowest BCUT2D eigenvalue weighted by molar-refractivity contribution is 0.430. The summed E-state index contributed by atoms with van der Waals surface area (Å²) in [7, 11) is 0. The topological polar surface area (TPSA) is 60.4 Å². The molecule has 0 spiro atoms. The van der Waals surface area contributed by atoms with E-state index in [1.807, 2.05) is 0 Å². The molecule has 0 aliphatic rings. The van der Waals surface area contributed by atoms with Crippen molar-refractivity contribution in [1.82, 2.24) is 0 Å². The van der Waals surface area contributed by atoms with Gasteiger partial charge in [0.2, 0.25) is 0 Å². The lowest BCUT2D eigenvalue weighted by atomic mass is 10.3. The third-order valence-electron chi connectivity index (χ3n) is 1.11. The Kier molecular flexibility index (Phi) is 2.21. The van der Waals surface area contributed by atoms with E-state index in [1.165, 1.54) is 0 Å². The molecule has 0 aliphatic heterocycles. The fourth-order valence-corrected chi connectivity index (χ4v) is 0.983. The normalized spacial score (nSPS) is 12.9. The highest BCUT2D eigenvalue weighted by atomic mass is 32.2. The van der Waals surface area contributed by atoms with Crippen LogP contribution in [0, 0.1) is 5.82 Å². The van der Waals surface area contributed by atoms with Gasteiger partial charge in [-0.25, -0.2) is 4.39 Å². The number of phenolic OH excluding ortho intramolecular Hbond substituents is 1. The van der Waals surface area contributed by atoms with Crippen molar-refractivity contribution in [2.24, 2.45) is 0 Å². The summed E-state index contributed by atoms with van der Waals surface area (Å²) >= 11 is -2.42. The Hall–Kier alpha value is -0.940. The molecule has 0 fully saturated rings. The van der Waals surface area contributed by atoms with Gasteiger partial charge in [0.1, 0.15) is 0 Å². The van der Waals surface area contributed by atoms with Gasteiger partial charge in [0, 0.05) is 4.90 Å². The zero-order chi connectivity index (χ0) is 8.43. The first-order valence-electron chi connectivity index (χ1n) is 2.69. The largest absolute Gasteiger partial charge is 0.768 e. The Labute approximate surface area is 64.8 Å². The van der Waals surface area contributed by atoms with Crippen molar-refractivity contribution in [3.8, 4) is 5.75 Å². The van der Waals surface area contributed by atoms with Crippen LogP contribution in [0.25, 0.3) is 0 Å². The molecule has 1 aromatic rings. The average Bonchev–Trinajstić information content (AvgIpc) is 1.94.